The highest BCUT2D eigenvalue weighted by molar-refractivity contribution is 6.05. The average Bonchev–Trinajstić information content (AvgIpc) is 2.83. The number of nitrogens with one attached hydrogen (secondary N) is 2. The quantitative estimate of drug-likeness (QED) is 0.746. The van der Waals surface area contributed by atoms with Crippen LogP contribution in [0.25, 0.3) is 0 Å². The summed E-state index contributed by atoms with van der Waals surface area (Å²) in [7, 11) is 0. The highest BCUT2D eigenvalue weighted by atomic mass is 16.2. The van der Waals surface area contributed by atoms with Crippen molar-refractivity contribution in [2.45, 2.75) is 57.3 Å². The molecule has 1 aromatic carbocycles. The van der Waals surface area contributed by atoms with E-state index in [2.05, 4.69) is 27.7 Å². The van der Waals surface area contributed by atoms with Crippen LogP contribution >= 0.6 is 0 Å². The van der Waals surface area contributed by atoms with E-state index in [0.717, 1.165) is 37.7 Å². The van der Waals surface area contributed by atoms with Crippen LogP contribution < -0.4 is 10.6 Å². The Morgan fingerprint density at radius 3 is 2.83 bits per heavy atom. The van der Waals surface area contributed by atoms with Gasteiger partial charge in [0.25, 0.3) is 5.91 Å². The number of rotatable bonds is 3. The molecule has 0 aliphatic carbocycles. The largest absolute Gasteiger partial charge is 0.322 e. The lowest BCUT2D eigenvalue weighted by atomic mass is 9.99. The van der Waals surface area contributed by atoms with Gasteiger partial charge in [-0.3, -0.25) is 24.6 Å². The Bertz CT molecular complexity index is 840. The summed E-state index contributed by atoms with van der Waals surface area (Å²) in [6, 6.07) is 6.13. The summed E-state index contributed by atoms with van der Waals surface area (Å²) in [6.45, 7) is 4.67. The molecule has 5 rings (SSSR count). The monoisotopic (exact) mass is 396 g/mol. The Morgan fingerprint density at radius 2 is 1.97 bits per heavy atom. The van der Waals surface area contributed by atoms with Crippen molar-refractivity contribution < 1.29 is 14.4 Å². The predicted octanol–water partition coefficient (Wildman–Crippen LogP) is 1.02. The average molecular weight is 396 g/mol. The van der Waals surface area contributed by atoms with Crippen molar-refractivity contribution in [3.8, 4) is 0 Å². The smallest absolute Gasteiger partial charge is 0.255 e. The van der Waals surface area contributed by atoms with Crippen molar-refractivity contribution in [1.82, 2.24) is 20.4 Å². The van der Waals surface area contributed by atoms with E-state index in [4.69, 9.17) is 0 Å². The molecule has 4 aliphatic heterocycles. The van der Waals surface area contributed by atoms with Crippen LogP contribution in [0.5, 0.6) is 0 Å². The van der Waals surface area contributed by atoms with Gasteiger partial charge in [-0.2, -0.15) is 0 Å². The third-order valence-corrected chi connectivity index (χ3v) is 6.85. The summed E-state index contributed by atoms with van der Waals surface area (Å²) in [4.78, 5) is 40.6. The zero-order chi connectivity index (χ0) is 20.0. The number of benzene rings is 1. The molecule has 2 N–H and O–H groups in total. The Kier molecular flexibility index (Phi) is 4.87. The van der Waals surface area contributed by atoms with Gasteiger partial charge >= 0.3 is 0 Å². The number of hydrogen-bond donors (Lipinski definition) is 2. The summed E-state index contributed by atoms with van der Waals surface area (Å²) in [5.41, 5.74) is 2.90. The van der Waals surface area contributed by atoms with Gasteiger partial charge in [0.15, 0.2) is 0 Å². The predicted molar refractivity (Wildman–Crippen MR) is 107 cm³/mol. The second-order valence-electron chi connectivity index (χ2n) is 8.99. The van der Waals surface area contributed by atoms with E-state index < -0.39 is 6.04 Å². The summed E-state index contributed by atoms with van der Waals surface area (Å²) in [5, 5.41) is 6.06. The highest BCUT2D eigenvalue weighted by Gasteiger charge is 2.39. The number of piperidine rings is 1. The summed E-state index contributed by atoms with van der Waals surface area (Å²) >= 11 is 0. The lowest BCUT2D eigenvalue weighted by molar-refractivity contribution is -0.136. The molecule has 0 saturated carbocycles. The number of nitrogens with zero attached hydrogens (tertiary/aromatic N) is 2. The van der Waals surface area contributed by atoms with Gasteiger partial charge in [-0.25, -0.2) is 0 Å². The molecule has 4 heterocycles. The minimum Gasteiger partial charge on any atom is -0.322 e. The van der Waals surface area contributed by atoms with Crippen molar-refractivity contribution in [1.29, 1.82) is 0 Å². The minimum absolute atomic E-state index is 0.102. The number of hydrogen-bond acceptors (Lipinski definition) is 5. The SMILES string of the molecule is O=C1CCC(N2Cc3cc(CN4CC5CCCC(C4)NC5)ccc3C2=O)C(=O)N1. The fourth-order valence-corrected chi connectivity index (χ4v) is 5.37. The van der Waals surface area contributed by atoms with E-state index in [9.17, 15) is 14.4 Å². The number of carbonyl (C=O) groups is 3. The third-order valence-electron chi connectivity index (χ3n) is 6.85. The number of carbonyl (C=O) groups excluding carboxylic acids is 3. The molecule has 7 nitrogen and oxygen atoms in total. The molecule has 7 heteroatoms. The maximum atomic E-state index is 12.8. The molecule has 1 aromatic rings. The van der Waals surface area contributed by atoms with Crippen LogP contribution in [0.3, 0.4) is 0 Å². The molecule has 0 aromatic heterocycles. The van der Waals surface area contributed by atoms with Gasteiger partial charge in [-0.15, -0.1) is 0 Å². The molecule has 3 fully saturated rings. The van der Waals surface area contributed by atoms with Crippen LogP contribution in [0, 0.1) is 5.92 Å². The van der Waals surface area contributed by atoms with Crippen LogP contribution in [0.4, 0.5) is 0 Å². The Balaban J connectivity index is 1.30. The Hall–Kier alpha value is -2.25. The lowest BCUT2D eigenvalue weighted by Gasteiger charge is -2.29. The molecular formula is C22H28N4O3. The fourth-order valence-electron chi connectivity index (χ4n) is 5.37. The van der Waals surface area contributed by atoms with Gasteiger partial charge in [-0.05, 0) is 48.9 Å². The molecule has 29 heavy (non-hydrogen) atoms. The van der Waals surface area contributed by atoms with Crippen molar-refractivity contribution >= 4 is 17.7 Å². The van der Waals surface area contributed by atoms with Gasteiger partial charge in [0.05, 0.1) is 0 Å². The van der Waals surface area contributed by atoms with E-state index in [1.165, 1.54) is 24.8 Å². The maximum absolute atomic E-state index is 12.8. The number of likely N-dealkylation sites (tertiary alicyclic amines) is 1. The molecular weight excluding hydrogens is 368 g/mol. The van der Waals surface area contributed by atoms with Crippen LogP contribution in [0.1, 0.15) is 53.6 Å². The Labute approximate surface area is 170 Å². The maximum Gasteiger partial charge on any atom is 0.255 e. The molecule has 0 radical (unpaired) electrons. The molecule has 154 valence electrons. The van der Waals surface area contributed by atoms with Gasteiger partial charge < -0.3 is 10.2 Å². The van der Waals surface area contributed by atoms with Crippen LogP contribution in [0.15, 0.2) is 18.2 Å². The number of amides is 3. The normalized spacial score (nSPS) is 30.1. The lowest BCUT2D eigenvalue weighted by Crippen LogP contribution is -2.52. The second kappa shape index (κ2) is 7.54. The summed E-state index contributed by atoms with van der Waals surface area (Å²) < 4.78 is 0. The number of imide groups is 1. The van der Waals surface area contributed by atoms with Crippen molar-refractivity contribution in [3.63, 3.8) is 0 Å². The van der Waals surface area contributed by atoms with Crippen molar-refractivity contribution in [2.75, 3.05) is 19.6 Å². The van der Waals surface area contributed by atoms with Crippen LogP contribution in [-0.2, 0) is 22.7 Å². The molecule has 3 saturated heterocycles. The molecule has 3 unspecified atom stereocenters. The first-order chi connectivity index (χ1) is 14.1. The van der Waals surface area contributed by atoms with E-state index in [-0.39, 0.29) is 24.1 Å². The first-order valence-corrected chi connectivity index (χ1v) is 10.8. The van der Waals surface area contributed by atoms with Crippen molar-refractivity contribution in [2.24, 2.45) is 5.92 Å². The second-order valence-corrected chi connectivity index (χ2v) is 8.99. The Morgan fingerprint density at radius 1 is 1.07 bits per heavy atom. The standard InChI is InChI=1S/C22H28N4O3/c27-20-7-6-19(21(28)24-20)26-12-16-8-14(4-5-18(16)22(26)29)10-25-11-15-2-1-3-17(13-25)23-9-15/h4-5,8,15,17,19,23H,1-3,6-7,9-13H2,(H,24,27,28). The molecule has 0 spiro atoms. The molecule has 3 amide bonds. The molecule has 3 atom stereocenters. The van der Waals surface area contributed by atoms with Gasteiger partial charge in [0, 0.05) is 44.2 Å². The summed E-state index contributed by atoms with van der Waals surface area (Å²) in [6.07, 6.45) is 4.58. The summed E-state index contributed by atoms with van der Waals surface area (Å²) in [5.74, 6) is 0.0108. The molecule has 2 bridgehead atoms. The van der Waals surface area contributed by atoms with Gasteiger partial charge in [-0.1, -0.05) is 18.6 Å². The van der Waals surface area contributed by atoms with E-state index in [1.54, 1.807) is 4.90 Å². The number of fused-ring (bicyclic) bond motifs is 4. The van der Waals surface area contributed by atoms with E-state index in [1.807, 2.05) is 6.07 Å². The fraction of sp³-hybridized carbons (Fsp3) is 0.591. The third kappa shape index (κ3) is 3.69. The van der Waals surface area contributed by atoms with Crippen molar-refractivity contribution in [3.05, 3.63) is 34.9 Å². The minimum atomic E-state index is -0.549. The zero-order valence-electron chi connectivity index (χ0n) is 16.7. The topological polar surface area (TPSA) is 81.8 Å². The first kappa shape index (κ1) is 18.8. The van der Waals surface area contributed by atoms with Gasteiger partial charge in [0.2, 0.25) is 11.8 Å². The molecule has 4 aliphatic rings. The van der Waals surface area contributed by atoms with E-state index >= 15 is 0 Å². The van der Waals surface area contributed by atoms with Crippen LogP contribution in [-0.4, -0.2) is 59.2 Å². The van der Waals surface area contributed by atoms with Gasteiger partial charge in [0.1, 0.15) is 6.04 Å². The highest BCUT2D eigenvalue weighted by Crippen LogP contribution is 2.29. The zero-order valence-corrected chi connectivity index (χ0v) is 16.7. The van der Waals surface area contributed by atoms with E-state index in [0.29, 0.717) is 24.6 Å². The first-order valence-electron chi connectivity index (χ1n) is 10.8. The van der Waals surface area contributed by atoms with Crippen LogP contribution in [0.2, 0.25) is 0 Å².